The Balaban J connectivity index is 2.29. The first-order valence-corrected chi connectivity index (χ1v) is 6.05. The smallest absolute Gasteiger partial charge is 0.304 e. The van der Waals surface area contributed by atoms with Crippen molar-refractivity contribution in [3.8, 4) is 0 Å². The standard InChI is InChI=1S/C12H21N3O2/c1-3-15(11(2)9-12(16)17)7-4-6-14-8-5-13-10-14/h5,8,10-11H,3-4,6-7,9H2,1-2H3,(H,16,17). The molecule has 1 atom stereocenters. The van der Waals surface area contributed by atoms with E-state index < -0.39 is 5.97 Å². The van der Waals surface area contributed by atoms with E-state index >= 15 is 0 Å². The SMILES string of the molecule is CCN(CCCn1ccnc1)C(C)CC(=O)O. The van der Waals surface area contributed by atoms with Gasteiger partial charge >= 0.3 is 5.97 Å². The molecule has 5 heteroatoms. The summed E-state index contributed by atoms with van der Waals surface area (Å²) in [6, 6.07) is 0.0975. The van der Waals surface area contributed by atoms with Crippen LogP contribution >= 0.6 is 0 Å². The molecule has 0 amide bonds. The zero-order valence-corrected chi connectivity index (χ0v) is 10.5. The molecule has 0 spiro atoms. The van der Waals surface area contributed by atoms with Crippen molar-refractivity contribution in [2.24, 2.45) is 0 Å². The van der Waals surface area contributed by atoms with Crippen LogP contribution in [0.25, 0.3) is 0 Å². The van der Waals surface area contributed by atoms with Gasteiger partial charge in [0, 0.05) is 31.5 Å². The summed E-state index contributed by atoms with van der Waals surface area (Å²) >= 11 is 0. The fourth-order valence-electron chi connectivity index (χ4n) is 1.95. The molecule has 0 radical (unpaired) electrons. The van der Waals surface area contributed by atoms with Crippen LogP contribution in [0.2, 0.25) is 0 Å². The first-order chi connectivity index (χ1) is 8.13. The molecular weight excluding hydrogens is 218 g/mol. The van der Waals surface area contributed by atoms with Gasteiger partial charge in [-0.1, -0.05) is 6.92 Å². The predicted octanol–water partition coefficient (Wildman–Crippen LogP) is 1.46. The molecule has 0 aliphatic heterocycles. The molecule has 1 unspecified atom stereocenters. The first-order valence-electron chi connectivity index (χ1n) is 6.05. The zero-order chi connectivity index (χ0) is 12.7. The fraction of sp³-hybridized carbons (Fsp3) is 0.667. The number of hydrogen-bond acceptors (Lipinski definition) is 3. The molecule has 5 nitrogen and oxygen atoms in total. The summed E-state index contributed by atoms with van der Waals surface area (Å²) in [5.41, 5.74) is 0. The molecule has 1 N–H and O–H groups in total. The number of aliphatic carboxylic acids is 1. The highest BCUT2D eigenvalue weighted by atomic mass is 16.4. The lowest BCUT2D eigenvalue weighted by Crippen LogP contribution is -2.35. The molecule has 0 bridgehead atoms. The first kappa shape index (κ1) is 13.7. The van der Waals surface area contributed by atoms with Crippen molar-refractivity contribution < 1.29 is 9.90 Å². The molecule has 0 aliphatic carbocycles. The highest BCUT2D eigenvalue weighted by molar-refractivity contribution is 5.67. The molecule has 1 aromatic heterocycles. The van der Waals surface area contributed by atoms with E-state index in [9.17, 15) is 4.79 Å². The number of aryl methyl sites for hydroxylation is 1. The third kappa shape index (κ3) is 4.99. The van der Waals surface area contributed by atoms with Crippen molar-refractivity contribution in [2.75, 3.05) is 13.1 Å². The van der Waals surface area contributed by atoms with Crippen molar-refractivity contribution in [1.82, 2.24) is 14.5 Å². The summed E-state index contributed by atoms with van der Waals surface area (Å²) in [7, 11) is 0. The predicted molar refractivity (Wildman–Crippen MR) is 65.8 cm³/mol. The molecule has 0 fully saturated rings. The van der Waals surface area contributed by atoms with Gasteiger partial charge < -0.3 is 14.6 Å². The number of carboxylic acid groups (broad SMARTS) is 1. The topological polar surface area (TPSA) is 58.4 Å². The van der Waals surface area contributed by atoms with E-state index in [-0.39, 0.29) is 12.5 Å². The highest BCUT2D eigenvalue weighted by Gasteiger charge is 2.14. The van der Waals surface area contributed by atoms with Crippen LogP contribution in [0, 0.1) is 0 Å². The zero-order valence-electron chi connectivity index (χ0n) is 10.5. The van der Waals surface area contributed by atoms with E-state index in [2.05, 4.69) is 16.8 Å². The molecule has 0 aromatic carbocycles. The Morgan fingerprint density at radius 3 is 2.88 bits per heavy atom. The van der Waals surface area contributed by atoms with Gasteiger partial charge in [-0.2, -0.15) is 0 Å². The molecule has 0 saturated carbocycles. The summed E-state index contributed by atoms with van der Waals surface area (Å²) in [4.78, 5) is 16.8. The van der Waals surface area contributed by atoms with E-state index in [0.29, 0.717) is 0 Å². The Bertz CT molecular complexity index is 325. The number of imidazole rings is 1. The maximum absolute atomic E-state index is 10.7. The minimum absolute atomic E-state index is 0.0975. The molecule has 1 rings (SSSR count). The molecule has 1 heterocycles. The number of carboxylic acids is 1. The normalized spacial score (nSPS) is 12.9. The number of carbonyl (C=O) groups is 1. The van der Waals surface area contributed by atoms with Crippen molar-refractivity contribution in [3.05, 3.63) is 18.7 Å². The largest absolute Gasteiger partial charge is 0.481 e. The van der Waals surface area contributed by atoms with Crippen LogP contribution in [-0.2, 0) is 11.3 Å². The highest BCUT2D eigenvalue weighted by Crippen LogP contribution is 2.05. The monoisotopic (exact) mass is 239 g/mol. The van der Waals surface area contributed by atoms with Gasteiger partial charge in [-0.05, 0) is 19.9 Å². The number of rotatable bonds is 8. The summed E-state index contributed by atoms with van der Waals surface area (Å²) in [5, 5.41) is 8.76. The van der Waals surface area contributed by atoms with Gasteiger partial charge in [-0.3, -0.25) is 4.79 Å². The number of nitrogens with zero attached hydrogens (tertiary/aromatic N) is 3. The Morgan fingerprint density at radius 2 is 2.35 bits per heavy atom. The van der Waals surface area contributed by atoms with Gasteiger partial charge in [0.1, 0.15) is 0 Å². The number of hydrogen-bond donors (Lipinski definition) is 1. The Labute approximate surface area is 102 Å². The van der Waals surface area contributed by atoms with Crippen LogP contribution < -0.4 is 0 Å². The van der Waals surface area contributed by atoms with Gasteiger partial charge in [0.25, 0.3) is 0 Å². The molecule has 96 valence electrons. The summed E-state index contributed by atoms with van der Waals surface area (Å²) < 4.78 is 2.04. The quantitative estimate of drug-likeness (QED) is 0.746. The van der Waals surface area contributed by atoms with Gasteiger partial charge in [-0.25, -0.2) is 4.98 Å². The van der Waals surface area contributed by atoms with Crippen LogP contribution in [0.15, 0.2) is 18.7 Å². The second-order valence-electron chi connectivity index (χ2n) is 4.23. The summed E-state index contributed by atoms with van der Waals surface area (Å²) in [6.45, 7) is 6.77. The van der Waals surface area contributed by atoms with Crippen molar-refractivity contribution >= 4 is 5.97 Å². The molecule has 0 aliphatic rings. The maximum atomic E-state index is 10.7. The van der Waals surface area contributed by atoms with E-state index in [1.165, 1.54) is 0 Å². The maximum Gasteiger partial charge on any atom is 0.304 e. The van der Waals surface area contributed by atoms with Gasteiger partial charge in [0.2, 0.25) is 0 Å². The summed E-state index contributed by atoms with van der Waals surface area (Å²) in [5.74, 6) is -0.731. The lowest BCUT2D eigenvalue weighted by Gasteiger charge is -2.26. The Kier molecular flexibility index (Phi) is 5.69. The second kappa shape index (κ2) is 7.06. The minimum atomic E-state index is -0.731. The van der Waals surface area contributed by atoms with Gasteiger partial charge in [0.05, 0.1) is 12.7 Å². The third-order valence-corrected chi connectivity index (χ3v) is 2.92. The van der Waals surface area contributed by atoms with Crippen molar-refractivity contribution in [1.29, 1.82) is 0 Å². The van der Waals surface area contributed by atoms with E-state index in [1.807, 2.05) is 17.7 Å². The Hall–Kier alpha value is -1.36. The van der Waals surface area contributed by atoms with Crippen LogP contribution in [0.4, 0.5) is 0 Å². The average Bonchev–Trinajstić information content (AvgIpc) is 2.76. The third-order valence-electron chi connectivity index (χ3n) is 2.92. The fourth-order valence-corrected chi connectivity index (χ4v) is 1.95. The lowest BCUT2D eigenvalue weighted by atomic mass is 10.2. The summed E-state index contributed by atoms with van der Waals surface area (Å²) in [6.07, 6.45) is 6.73. The molecule has 1 aromatic rings. The van der Waals surface area contributed by atoms with Crippen LogP contribution in [0.5, 0.6) is 0 Å². The van der Waals surface area contributed by atoms with Crippen LogP contribution in [-0.4, -0.2) is 44.7 Å². The molecule has 0 saturated heterocycles. The lowest BCUT2D eigenvalue weighted by molar-refractivity contribution is -0.138. The van der Waals surface area contributed by atoms with Crippen molar-refractivity contribution in [2.45, 2.75) is 39.3 Å². The second-order valence-corrected chi connectivity index (χ2v) is 4.23. The van der Waals surface area contributed by atoms with Gasteiger partial charge in [0.15, 0.2) is 0 Å². The van der Waals surface area contributed by atoms with Gasteiger partial charge in [-0.15, -0.1) is 0 Å². The molecular formula is C12H21N3O2. The minimum Gasteiger partial charge on any atom is -0.481 e. The van der Waals surface area contributed by atoms with Crippen molar-refractivity contribution in [3.63, 3.8) is 0 Å². The van der Waals surface area contributed by atoms with E-state index in [0.717, 1.165) is 26.1 Å². The molecule has 17 heavy (non-hydrogen) atoms. The average molecular weight is 239 g/mol. The van der Waals surface area contributed by atoms with E-state index in [1.54, 1.807) is 12.5 Å². The van der Waals surface area contributed by atoms with Crippen LogP contribution in [0.1, 0.15) is 26.7 Å². The Morgan fingerprint density at radius 1 is 1.59 bits per heavy atom. The van der Waals surface area contributed by atoms with E-state index in [4.69, 9.17) is 5.11 Å². The number of aromatic nitrogens is 2. The van der Waals surface area contributed by atoms with Crippen LogP contribution in [0.3, 0.4) is 0 Å².